The van der Waals surface area contributed by atoms with Crippen LogP contribution >= 0.6 is 11.6 Å². The van der Waals surface area contributed by atoms with E-state index < -0.39 is 0 Å². The zero-order valence-corrected chi connectivity index (χ0v) is 11.3. The normalized spacial score (nSPS) is 12.1. The molecule has 100 valence electrons. The highest BCUT2D eigenvalue weighted by Crippen LogP contribution is 2.22. The van der Waals surface area contributed by atoms with Crippen molar-refractivity contribution in [1.29, 1.82) is 0 Å². The second kappa shape index (κ2) is 5.75. The van der Waals surface area contributed by atoms with Gasteiger partial charge in [0, 0.05) is 25.0 Å². The third-order valence-corrected chi connectivity index (χ3v) is 3.12. The summed E-state index contributed by atoms with van der Waals surface area (Å²) in [5, 5.41) is 3.16. The van der Waals surface area contributed by atoms with Crippen molar-refractivity contribution in [3.05, 3.63) is 47.5 Å². The van der Waals surface area contributed by atoms with Crippen molar-refractivity contribution in [2.45, 2.75) is 19.5 Å². The van der Waals surface area contributed by atoms with Crippen LogP contribution < -0.4 is 11.1 Å². The van der Waals surface area contributed by atoms with E-state index in [1.807, 2.05) is 17.7 Å². The maximum Gasteiger partial charge on any atom is 0.253 e. The van der Waals surface area contributed by atoms with E-state index in [-0.39, 0.29) is 17.0 Å². The minimum atomic E-state index is -0.232. The zero-order valence-electron chi connectivity index (χ0n) is 10.5. The number of imidazole rings is 1. The third-order valence-electron chi connectivity index (χ3n) is 2.69. The number of hydrogen-bond donors (Lipinski definition) is 2. The summed E-state index contributed by atoms with van der Waals surface area (Å²) < 4.78 is 1.89. The molecule has 0 saturated heterocycles. The van der Waals surface area contributed by atoms with E-state index in [1.54, 1.807) is 30.7 Å². The zero-order chi connectivity index (χ0) is 13.8. The van der Waals surface area contributed by atoms with E-state index in [0.29, 0.717) is 17.8 Å². The van der Waals surface area contributed by atoms with E-state index in [0.717, 1.165) is 0 Å². The Bertz CT molecular complexity index is 568. The molecule has 19 heavy (non-hydrogen) atoms. The fourth-order valence-electron chi connectivity index (χ4n) is 1.78. The van der Waals surface area contributed by atoms with Crippen molar-refractivity contribution >= 4 is 23.2 Å². The average molecular weight is 279 g/mol. The molecule has 1 aromatic carbocycles. The molecule has 0 fully saturated rings. The molecule has 1 unspecified atom stereocenters. The molecule has 0 aliphatic rings. The van der Waals surface area contributed by atoms with Crippen molar-refractivity contribution in [2.75, 3.05) is 5.73 Å². The Morgan fingerprint density at radius 3 is 3.05 bits per heavy atom. The molecule has 3 N–H and O–H groups in total. The fourth-order valence-corrected chi connectivity index (χ4v) is 2.00. The van der Waals surface area contributed by atoms with Gasteiger partial charge in [-0.2, -0.15) is 0 Å². The molecule has 6 heteroatoms. The molecule has 0 saturated carbocycles. The monoisotopic (exact) mass is 278 g/mol. The fraction of sp³-hybridized carbons (Fsp3) is 0.231. The number of amides is 1. The molecular formula is C13H15ClN4O. The van der Waals surface area contributed by atoms with Crippen molar-refractivity contribution in [1.82, 2.24) is 14.9 Å². The Hall–Kier alpha value is -2.01. The smallest absolute Gasteiger partial charge is 0.253 e. The quantitative estimate of drug-likeness (QED) is 0.840. The maximum atomic E-state index is 12.1. The summed E-state index contributed by atoms with van der Waals surface area (Å²) >= 11 is 6.01. The summed E-state index contributed by atoms with van der Waals surface area (Å²) in [5.74, 6) is -0.232. The minimum Gasteiger partial charge on any atom is -0.398 e. The summed E-state index contributed by atoms with van der Waals surface area (Å²) in [4.78, 5) is 16.0. The highest BCUT2D eigenvalue weighted by molar-refractivity contribution is 6.36. The molecular weight excluding hydrogens is 264 g/mol. The predicted octanol–water partition coefficient (Wildman–Crippen LogP) is 1.94. The summed E-state index contributed by atoms with van der Waals surface area (Å²) in [5.41, 5.74) is 6.46. The lowest BCUT2D eigenvalue weighted by molar-refractivity contribution is 0.0937. The first kappa shape index (κ1) is 13.4. The Morgan fingerprint density at radius 1 is 1.58 bits per heavy atom. The second-order valence-electron chi connectivity index (χ2n) is 4.34. The summed E-state index contributed by atoms with van der Waals surface area (Å²) in [7, 11) is 0. The number of aromatic nitrogens is 2. The Labute approximate surface area is 116 Å². The van der Waals surface area contributed by atoms with Crippen molar-refractivity contribution < 1.29 is 4.79 Å². The van der Waals surface area contributed by atoms with Gasteiger partial charge in [0.1, 0.15) is 0 Å². The number of nitrogens with one attached hydrogen (secondary N) is 1. The molecule has 0 radical (unpaired) electrons. The van der Waals surface area contributed by atoms with Gasteiger partial charge in [-0.05, 0) is 19.1 Å². The van der Waals surface area contributed by atoms with E-state index in [1.165, 1.54) is 0 Å². The van der Waals surface area contributed by atoms with Crippen LogP contribution in [0.3, 0.4) is 0 Å². The largest absolute Gasteiger partial charge is 0.398 e. The van der Waals surface area contributed by atoms with Crippen LogP contribution in [0.2, 0.25) is 5.02 Å². The van der Waals surface area contributed by atoms with Crippen LogP contribution in [-0.2, 0) is 6.54 Å². The van der Waals surface area contributed by atoms with Crippen molar-refractivity contribution in [3.63, 3.8) is 0 Å². The minimum absolute atomic E-state index is 0.0424. The van der Waals surface area contributed by atoms with Crippen LogP contribution in [-0.4, -0.2) is 21.5 Å². The molecule has 2 aromatic rings. The first-order valence-corrected chi connectivity index (χ1v) is 6.26. The highest BCUT2D eigenvalue weighted by Gasteiger charge is 2.14. The number of nitrogen functional groups attached to an aromatic ring is 1. The molecule has 1 atom stereocenters. The summed E-state index contributed by atoms with van der Waals surface area (Å²) in [6.45, 7) is 2.56. The van der Waals surface area contributed by atoms with E-state index >= 15 is 0 Å². The van der Waals surface area contributed by atoms with Crippen LogP contribution in [0.5, 0.6) is 0 Å². The molecule has 1 aromatic heterocycles. The molecule has 0 aliphatic heterocycles. The molecule has 0 bridgehead atoms. The molecule has 0 spiro atoms. The average Bonchev–Trinajstić information content (AvgIpc) is 2.85. The van der Waals surface area contributed by atoms with Crippen LogP contribution in [0.4, 0.5) is 5.69 Å². The van der Waals surface area contributed by atoms with E-state index in [9.17, 15) is 4.79 Å². The maximum absolute atomic E-state index is 12.1. The third kappa shape index (κ3) is 3.26. The Balaban J connectivity index is 2.02. The van der Waals surface area contributed by atoms with Gasteiger partial charge in [0.05, 0.1) is 22.6 Å². The number of halogens is 1. The van der Waals surface area contributed by atoms with Gasteiger partial charge in [0.2, 0.25) is 0 Å². The number of carbonyl (C=O) groups is 1. The highest BCUT2D eigenvalue weighted by atomic mass is 35.5. The van der Waals surface area contributed by atoms with E-state index in [4.69, 9.17) is 17.3 Å². The Morgan fingerprint density at radius 2 is 2.37 bits per heavy atom. The van der Waals surface area contributed by atoms with Gasteiger partial charge in [-0.25, -0.2) is 4.98 Å². The SMILES string of the molecule is CC(Cn1ccnc1)NC(=O)c1cccc(N)c1Cl. The number of hydrogen-bond acceptors (Lipinski definition) is 3. The van der Waals surface area contributed by atoms with Crippen LogP contribution in [0, 0.1) is 0 Å². The summed E-state index contributed by atoms with van der Waals surface area (Å²) in [6.07, 6.45) is 5.25. The number of benzene rings is 1. The second-order valence-corrected chi connectivity index (χ2v) is 4.72. The lowest BCUT2D eigenvalue weighted by Gasteiger charge is -2.15. The number of nitrogens with zero attached hydrogens (tertiary/aromatic N) is 2. The van der Waals surface area contributed by atoms with Gasteiger partial charge >= 0.3 is 0 Å². The van der Waals surface area contributed by atoms with Crippen LogP contribution in [0.1, 0.15) is 17.3 Å². The van der Waals surface area contributed by atoms with Gasteiger partial charge < -0.3 is 15.6 Å². The number of carbonyl (C=O) groups excluding carboxylic acids is 1. The van der Waals surface area contributed by atoms with Gasteiger partial charge in [0.25, 0.3) is 5.91 Å². The Kier molecular flexibility index (Phi) is 4.06. The lowest BCUT2D eigenvalue weighted by atomic mass is 10.1. The first-order valence-electron chi connectivity index (χ1n) is 5.88. The molecule has 0 aliphatic carbocycles. The standard InChI is InChI=1S/C13H15ClN4O/c1-9(7-18-6-5-16-8-18)17-13(19)10-3-2-4-11(15)12(10)14/h2-6,8-9H,7,15H2,1H3,(H,17,19). The van der Waals surface area contributed by atoms with Crippen LogP contribution in [0.15, 0.2) is 36.9 Å². The number of nitrogens with two attached hydrogens (primary N) is 1. The van der Waals surface area contributed by atoms with Crippen LogP contribution in [0.25, 0.3) is 0 Å². The van der Waals surface area contributed by atoms with E-state index in [2.05, 4.69) is 10.3 Å². The van der Waals surface area contributed by atoms with Gasteiger partial charge in [-0.1, -0.05) is 17.7 Å². The predicted molar refractivity (Wildman–Crippen MR) is 75.0 cm³/mol. The molecule has 2 rings (SSSR count). The molecule has 5 nitrogen and oxygen atoms in total. The van der Waals surface area contributed by atoms with Gasteiger partial charge in [-0.15, -0.1) is 0 Å². The summed E-state index contributed by atoms with van der Waals surface area (Å²) in [6, 6.07) is 4.97. The van der Waals surface area contributed by atoms with Crippen molar-refractivity contribution in [3.8, 4) is 0 Å². The topological polar surface area (TPSA) is 72.9 Å². The lowest BCUT2D eigenvalue weighted by Crippen LogP contribution is -2.35. The van der Waals surface area contributed by atoms with Crippen molar-refractivity contribution in [2.24, 2.45) is 0 Å². The van der Waals surface area contributed by atoms with Gasteiger partial charge in [0.15, 0.2) is 0 Å². The first-order chi connectivity index (χ1) is 9.08. The number of rotatable bonds is 4. The molecule has 1 amide bonds. The van der Waals surface area contributed by atoms with Gasteiger partial charge in [-0.3, -0.25) is 4.79 Å². The molecule has 1 heterocycles. The number of anilines is 1.